The van der Waals surface area contributed by atoms with Crippen molar-refractivity contribution >= 4 is 17.8 Å². The molecular weight excluding hydrogens is 264 g/mol. The molecule has 7 heteroatoms. The summed E-state index contributed by atoms with van der Waals surface area (Å²) in [6.07, 6.45) is -0.601. The summed E-state index contributed by atoms with van der Waals surface area (Å²) in [6, 6.07) is 5.66. The lowest BCUT2D eigenvalue weighted by atomic mass is 10.0. The molecule has 1 amide bonds. The van der Waals surface area contributed by atoms with Crippen LogP contribution in [0, 0.1) is 0 Å². The molecule has 1 unspecified atom stereocenters. The van der Waals surface area contributed by atoms with Gasteiger partial charge in [-0.15, -0.1) is 0 Å². The van der Waals surface area contributed by atoms with Crippen molar-refractivity contribution in [2.45, 2.75) is 25.4 Å². The number of hydrogen-bond acceptors (Lipinski definition) is 4. The summed E-state index contributed by atoms with van der Waals surface area (Å²) in [7, 11) is 0. The Morgan fingerprint density at radius 3 is 2.25 bits per heavy atom. The zero-order valence-corrected chi connectivity index (χ0v) is 10.7. The van der Waals surface area contributed by atoms with E-state index in [0.29, 0.717) is 11.1 Å². The van der Waals surface area contributed by atoms with Crippen molar-refractivity contribution in [1.82, 2.24) is 5.32 Å². The molecule has 1 atom stereocenters. The molecule has 5 N–H and O–H groups in total. The summed E-state index contributed by atoms with van der Waals surface area (Å²) in [5, 5.41) is 19.8. The number of nitrogens with one attached hydrogen (secondary N) is 1. The molecule has 0 heterocycles. The van der Waals surface area contributed by atoms with Crippen LogP contribution >= 0.6 is 0 Å². The van der Waals surface area contributed by atoms with Crippen molar-refractivity contribution in [3.63, 3.8) is 0 Å². The molecule has 1 aromatic carbocycles. The zero-order chi connectivity index (χ0) is 15.1. The molecule has 0 aliphatic heterocycles. The van der Waals surface area contributed by atoms with E-state index in [4.69, 9.17) is 15.9 Å². The van der Waals surface area contributed by atoms with Gasteiger partial charge in [0.05, 0.1) is 18.9 Å². The summed E-state index contributed by atoms with van der Waals surface area (Å²) in [4.78, 5) is 32.7. The van der Waals surface area contributed by atoms with Crippen LogP contribution in [0.5, 0.6) is 0 Å². The van der Waals surface area contributed by atoms with Crippen LogP contribution in [-0.4, -0.2) is 34.1 Å². The molecule has 0 saturated carbocycles. The summed E-state index contributed by atoms with van der Waals surface area (Å²) < 4.78 is 0. The van der Waals surface area contributed by atoms with E-state index in [0.717, 1.165) is 0 Å². The van der Waals surface area contributed by atoms with Crippen molar-refractivity contribution < 1.29 is 24.6 Å². The predicted octanol–water partition coefficient (Wildman–Crippen LogP) is -0.268. The van der Waals surface area contributed by atoms with Crippen LogP contribution in [0.3, 0.4) is 0 Å². The minimum absolute atomic E-state index is 0.107. The third-order valence-corrected chi connectivity index (χ3v) is 2.64. The number of amides is 1. The third-order valence-electron chi connectivity index (χ3n) is 2.64. The molecule has 0 bridgehead atoms. The number of aliphatic carboxylic acids is 2. The minimum atomic E-state index is -1.15. The smallest absolute Gasteiger partial charge is 0.307 e. The summed E-state index contributed by atoms with van der Waals surface area (Å²) in [5.74, 6) is -2.71. The molecule has 1 aromatic rings. The lowest BCUT2D eigenvalue weighted by Crippen LogP contribution is -2.41. The van der Waals surface area contributed by atoms with Gasteiger partial charge in [-0.3, -0.25) is 14.4 Å². The number of hydrogen-bond donors (Lipinski definition) is 4. The highest BCUT2D eigenvalue weighted by Gasteiger charge is 2.17. The Morgan fingerprint density at radius 2 is 1.70 bits per heavy atom. The van der Waals surface area contributed by atoms with Crippen LogP contribution in [0.1, 0.15) is 17.5 Å². The van der Waals surface area contributed by atoms with Gasteiger partial charge in [0.15, 0.2) is 0 Å². The maximum absolute atomic E-state index is 11.6. The molecule has 1 rings (SSSR count). The average molecular weight is 280 g/mol. The van der Waals surface area contributed by atoms with Gasteiger partial charge in [0.1, 0.15) is 0 Å². The van der Waals surface area contributed by atoms with Crippen molar-refractivity contribution in [3.8, 4) is 0 Å². The van der Waals surface area contributed by atoms with Gasteiger partial charge < -0.3 is 21.3 Å². The fourth-order valence-corrected chi connectivity index (χ4v) is 1.66. The Morgan fingerprint density at radius 1 is 1.10 bits per heavy atom. The fourth-order valence-electron chi connectivity index (χ4n) is 1.66. The lowest BCUT2D eigenvalue weighted by molar-refractivity contribution is -0.139. The van der Waals surface area contributed by atoms with Crippen molar-refractivity contribution in [1.29, 1.82) is 0 Å². The Balaban J connectivity index is 2.63. The van der Waals surface area contributed by atoms with E-state index in [9.17, 15) is 14.4 Å². The second-order valence-electron chi connectivity index (χ2n) is 4.26. The Kier molecular flexibility index (Phi) is 5.67. The molecule has 7 nitrogen and oxygen atoms in total. The number of carbonyl (C=O) groups excluding carboxylic acids is 1. The van der Waals surface area contributed by atoms with E-state index >= 15 is 0 Å². The van der Waals surface area contributed by atoms with E-state index in [-0.39, 0.29) is 13.0 Å². The number of carboxylic acids is 2. The van der Waals surface area contributed by atoms with Gasteiger partial charge >= 0.3 is 11.9 Å². The summed E-state index contributed by atoms with van der Waals surface area (Å²) in [5.41, 5.74) is 6.66. The molecule has 0 radical (unpaired) electrons. The number of rotatable bonds is 7. The van der Waals surface area contributed by atoms with E-state index < -0.39 is 30.3 Å². The largest absolute Gasteiger partial charge is 0.481 e. The van der Waals surface area contributed by atoms with Crippen LogP contribution in [0.15, 0.2) is 24.3 Å². The molecule has 0 aromatic heterocycles. The predicted molar refractivity (Wildman–Crippen MR) is 69.9 cm³/mol. The maximum atomic E-state index is 11.6. The molecular formula is C13H16N2O5. The van der Waals surface area contributed by atoms with Gasteiger partial charge in [0.25, 0.3) is 0 Å². The first-order chi connectivity index (χ1) is 9.40. The van der Waals surface area contributed by atoms with Crippen molar-refractivity contribution in [3.05, 3.63) is 35.4 Å². The number of nitrogens with two attached hydrogens (primary N) is 1. The first kappa shape index (κ1) is 15.6. The standard InChI is InChI=1S/C13H16N2O5/c14-10(6-12(18)19)13(20)15-7-9-4-2-1-3-8(9)5-11(16)17/h1-4,10H,5-7,14H2,(H,15,20)(H,16,17)(H,18,19). The van der Waals surface area contributed by atoms with Gasteiger partial charge in [0.2, 0.25) is 5.91 Å². The second kappa shape index (κ2) is 7.25. The average Bonchev–Trinajstić information content (AvgIpc) is 2.35. The van der Waals surface area contributed by atoms with Crippen molar-refractivity contribution in [2.75, 3.05) is 0 Å². The summed E-state index contributed by atoms with van der Waals surface area (Å²) in [6.45, 7) is 0.107. The zero-order valence-electron chi connectivity index (χ0n) is 10.7. The molecule has 0 aliphatic carbocycles. The molecule has 20 heavy (non-hydrogen) atoms. The quantitative estimate of drug-likeness (QED) is 0.544. The molecule has 0 saturated heterocycles. The Hall–Kier alpha value is -2.41. The van der Waals surface area contributed by atoms with Gasteiger partial charge in [-0.1, -0.05) is 24.3 Å². The van der Waals surface area contributed by atoms with Crippen LogP contribution < -0.4 is 11.1 Å². The molecule has 0 aliphatic rings. The van der Waals surface area contributed by atoms with Crippen LogP contribution in [0.4, 0.5) is 0 Å². The first-order valence-electron chi connectivity index (χ1n) is 5.93. The maximum Gasteiger partial charge on any atom is 0.307 e. The number of carbonyl (C=O) groups is 3. The van der Waals surface area contributed by atoms with Gasteiger partial charge in [-0.2, -0.15) is 0 Å². The highest BCUT2D eigenvalue weighted by atomic mass is 16.4. The highest BCUT2D eigenvalue weighted by Crippen LogP contribution is 2.09. The third kappa shape index (κ3) is 5.07. The van der Waals surface area contributed by atoms with Crippen LogP contribution in [-0.2, 0) is 27.3 Å². The number of carboxylic acid groups (broad SMARTS) is 2. The van der Waals surface area contributed by atoms with Gasteiger partial charge in [-0.05, 0) is 11.1 Å². The first-order valence-corrected chi connectivity index (χ1v) is 5.93. The Labute approximate surface area is 115 Å². The van der Waals surface area contributed by atoms with Crippen molar-refractivity contribution in [2.24, 2.45) is 5.73 Å². The van der Waals surface area contributed by atoms with Crippen LogP contribution in [0.25, 0.3) is 0 Å². The Bertz CT molecular complexity index is 515. The highest BCUT2D eigenvalue weighted by molar-refractivity contribution is 5.85. The summed E-state index contributed by atoms with van der Waals surface area (Å²) >= 11 is 0. The second-order valence-corrected chi connectivity index (χ2v) is 4.26. The van der Waals surface area contributed by atoms with E-state index in [1.54, 1.807) is 24.3 Å². The minimum Gasteiger partial charge on any atom is -0.481 e. The normalized spacial score (nSPS) is 11.7. The molecule has 0 fully saturated rings. The van der Waals surface area contributed by atoms with Gasteiger partial charge in [-0.25, -0.2) is 0 Å². The number of benzene rings is 1. The lowest BCUT2D eigenvalue weighted by Gasteiger charge is -2.12. The van der Waals surface area contributed by atoms with Gasteiger partial charge in [0, 0.05) is 6.54 Å². The molecule has 0 spiro atoms. The SMILES string of the molecule is NC(CC(=O)O)C(=O)NCc1ccccc1CC(=O)O. The van der Waals surface area contributed by atoms with Crippen LogP contribution in [0.2, 0.25) is 0 Å². The van der Waals surface area contributed by atoms with E-state index in [2.05, 4.69) is 5.32 Å². The monoisotopic (exact) mass is 280 g/mol. The van der Waals surface area contributed by atoms with E-state index in [1.807, 2.05) is 0 Å². The molecule has 108 valence electrons. The van der Waals surface area contributed by atoms with E-state index in [1.165, 1.54) is 0 Å². The fraction of sp³-hybridized carbons (Fsp3) is 0.308. The topological polar surface area (TPSA) is 130 Å².